The van der Waals surface area contributed by atoms with Gasteiger partial charge in [0.1, 0.15) is 5.72 Å². The van der Waals surface area contributed by atoms with Crippen molar-refractivity contribution in [3.63, 3.8) is 0 Å². The summed E-state index contributed by atoms with van der Waals surface area (Å²) in [6, 6.07) is 13.4. The van der Waals surface area contributed by atoms with Gasteiger partial charge in [-0.05, 0) is 31.2 Å². The summed E-state index contributed by atoms with van der Waals surface area (Å²) in [6.45, 7) is 2.83. The van der Waals surface area contributed by atoms with E-state index in [4.69, 9.17) is 16.3 Å². The molecule has 2 aliphatic rings. The Morgan fingerprint density at radius 2 is 1.69 bits per heavy atom. The Morgan fingerprint density at radius 1 is 1.03 bits per heavy atom. The number of sulfonamides is 1. The third kappa shape index (κ3) is 4.25. The highest BCUT2D eigenvalue weighted by atomic mass is 35.5. The first-order chi connectivity index (χ1) is 15.2. The third-order valence-corrected chi connectivity index (χ3v) is 8.17. The molecule has 0 radical (unpaired) electrons. The van der Waals surface area contributed by atoms with Crippen LogP contribution in [0, 0.1) is 6.92 Å². The summed E-state index contributed by atoms with van der Waals surface area (Å²) in [6.07, 6.45) is 0.562. The average Bonchev–Trinajstić information content (AvgIpc) is 3.19. The summed E-state index contributed by atoms with van der Waals surface area (Å²) in [5.74, 6) is -1.48. The van der Waals surface area contributed by atoms with Crippen molar-refractivity contribution in [2.24, 2.45) is 0 Å². The molecule has 0 unspecified atom stereocenters. The highest BCUT2D eigenvalue weighted by Crippen LogP contribution is 2.38. The van der Waals surface area contributed by atoms with Gasteiger partial charge in [-0.1, -0.05) is 41.4 Å². The lowest BCUT2D eigenvalue weighted by Crippen LogP contribution is -2.56. The number of nitrogens with zero attached hydrogens (tertiary/aromatic N) is 2. The number of hydrogen-bond acceptors (Lipinski definition) is 5. The molecule has 0 saturated carbocycles. The Labute approximate surface area is 192 Å². The van der Waals surface area contributed by atoms with E-state index in [1.807, 2.05) is 6.92 Å². The first-order valence-corrected chi connectivity index (χ1v) is 12.1. The molecule has 2 aliphatic heterocycles. The molecule has 2 aromatic rings. The molecule has 2 saturated heterocycles. The Balaban J connectivity index is 1.44. The van der Waals surface area contributed by atoms with Crippen molar-refractivity contribution in [2.45, 2.75) is 30.4 Å². The molecule has 4 rings (SSSR count). The monoisotopic (exact) mass is 477 g/mol. The zero-order valence-corrected chi connectivity index (χ0v) is 19.2. The van der Waals surface area contributed by atoms with Crippen molar-refractivity contribution in [2.75, 3.05) is 31.6 Å². The lowest BCUT2D eigenvalue weighted by Gasteiger charge is -2.42. The molecule has 1 spiro atoms. The van der Waals surface area contributed by atoms with Gasteiger partial charge in [0, 0.05) is 32.5 Å². The van der Waals surface area contributed by atoms with Crippen molar-refractivity contribution in [3.8, 4) is 0 Å². The number of para-hydroxylation sites is 1. The largest absolute Gasteiger partial charge is 0.358 e. The molecule has 0 aromatic heterocycles. The van der Waals surface area contributed by atoms with E-state index < -0.39 is 27.6 Å². The number of carbonyl (C=O) groups is 2. The second kappa shape index (κ2) is 8.82. The van der Waals surface area contributed by atoms with E-state index in [-0.39, 0.29) is 44.0 Å². The van der Waals surface area contributed by atoms with Crippen molar-refractivity contribution in [1.82, 2.24) is 9.21 Å². The molecule has 8 nitrogen and oxygen atoms in total. The zero-order valence-electron chi connectivity index (χ0n) is 17.6. The maximum atomic E-state index is 13.3. The van der Waals surface area contributed by atoms with Crippen LogP contribution in [-0.2, 0) is 24.3 Å². The Hall–Kier alpha value is -2.46. The smallest absolute Gasteiger partial charge is 0.313 e. The number of nitrogens with one attached hydrogen (secondary N) is 1. The topological polar surface area (TPSA) is 96.0 Å². The fourth-order valence-corrected chi connectivity index (χ4v) is 6.01. The normalized spacial score (nSPS) is 18.6. The van der Waals surface area contributed by atoms with Gasteiger partial charge in [0.2, 0.25) is 10.0 Å². The summed E-state index contributed by atoms with van der Waals surface area (Å²) in [7, 11) is -3.75. The average molecular weight is 478 g/mol. The molecular weight excluding hydrogens is 454 g/mol. The number of ether oxygens (including phenoxy) is 1. The number of rotatable bonds is 3. The van der Waals surface area contributed by atoms with Gasteiger partial charge in [-0.25, -0.2) is 8.42 Å². The summed E-state index contributed by atoms with van der Waals surface area (Å²) < 4.78 is 33.8. The SMILES string of the molecule is Cc1ccc(S(=O)(=O)N2CCOC23CCN(C(=O)C(=O)Nc2ccccc2Cl)CC3)cc1. The fourth-order valence-electron chi connectivity index (χ4n) is 4.11. The molecule has 0 aliphatic carbocycles. The lowest BCUT2D eigenvalue weighted by molar-refractivity contribution is -0.148. The molecule has 2 aromatic carbocycles. The third-order valence-electron chi connectivity index (χ3n) is 5.88. The molecule has 0 atom stereocenters. The van der Waals surface area contributed by atoms with Gasteiger partial charge in [0.05, 0.1) is 22.2 Å². The minimum Gasteiger partial charge on any atom is -0.358 e. The molecule has 10 heteroatoms. The van der Waals surface area contributed by atoms with Crippen LogP contribution in [-0.4, -0.2) is 61.4 Å². The van der Waals surface area contributed by atoms with Gasteiger partial charge in [-0.15, -0.1) is 0 Å². The quantitative estimate of drug-likeness (QED) is 0.685. The number of amides is 2. The maximum Gasteiger partial charge on any atom is 0.313 e. The summed E-state index contributed by atoms with van der Waals surface area (Å²) in [5, 5.41) is 2.86. The van der Waals surface area contributed by atoms with Gasteiger partial charge < -0.3 is 15.0 Å². The molecule has 2 fully saturated rings. The van der Waals surface area contributed by atoms with Crippen molar-refractivity contribution < 1.29 is 22.7 Å². The van der Waals surface area contributed by atoms with Crippen LogP contribution in [0.5, 0.6) is 0 Å². The van der Waals surface area contributed by atoms with Crippen LogP contribution >= 0.6 is 11.6 Å². The summed E-state index contributed by atoms with van der Waals surface area (Å²) >= 11 is 6.04. The summed E-state index contributed by atoms with van der Waals surface area (Å²) in [5.41, 5.74) is 0.313. The Kier molecular flexibility index (Phi) is 6.26. The van der Waals surface area contributed by atoms with Gasteiger partial charge in [-0.2, -0.15) is 4.31 Å². The van der Waals surface area contributed by atoms with Gasteiger partial charge in [0.15, 0.2) is 0 Å². The number of halogens is 1. The van der Waals surface area contributed by atoms with E-state index in [0.29, 0.717) is 10.7 Å². The maximum absolute atomic E-state index is 13.3. The van der Waals surface area contributed by atoms with Crippen LogP contribution in [0.1, 0.15) is 18.4 Å². The standard InChI is InChI=1S/C22H24ClN3O5S/c1-16-6-8-17(9-7-16)32(29,30)26-14-15-31-22(26)10-12-25(13-11-22)21(28)20(27)24-19-5-3-2-4-18(19)23/h2-9H,10-15H2,1H3,(H,24,27). The van der Waals surface area contributed by atoms with Crippen LogP contribution in [0.15, 0.2) is 53.4 Å². The molecule has 0 bridgehead atoms. The van der Waals surface area contributed by atoms with E-state index in [1.165, 1.54) is 9.21 Å². The van der Waals surface area contributed by atoms with Crippen LogP contribution in [0.2, 0.25) is 5.02 Å². The Bertz CT molecular complexity index is 1130. The Morgan fingerprint density at radius 3 is 2.34 bits per heavy atom. The second-order valence-electron chi connectivity index (χ2n) is 7.91. The molecule has 2 heterocycles. The molecule has 170 valence electrons. The van der Waals surface area contributed by atoms with Crippen LogP contribution in [0.3, 0.4) is 0 Å². The molecule has 32 heavy (non-hydrogen) atoms. The number of hydrogen-bond donors (Lipinski definition) is 1. The highest BCUT2D eigenvalue weighted by molar-refractivity contribution is 7.89. The molecule has 2 amide bonds. The van der Waals surface area contributed by atoms with Gasteiger partial charge in [-0.3, -0.25) is 9.59 Å². The van der Waals surface area contributed by atoms with Crippen molar-refractivity contribution >= 4 is 39.1 Å². The van der Waals surface area contributed by atoms with Gasteiger partial charge >= 0.3 is 11.8 Å². The lowest BCUT2D eigenvalue weighted by atomic mass is 10.0. The van der Waals surface area contributed by atoms with E-state index in [2.05, 4.69) is 5.32 Å². The number of carbonyl (C=O) groups excluding carboxylic acids is 2. The molecular formula is C22H24ClN3O5S. The van der Waals surface area contributed by atoms with E-state index in [0.717, 1.165) is 5.56 Å². The first-order valence-electron chi connectivity index (χ1n) is 10.3. The number of likely N-dealkylation sites (tertiary alicyclic amines) is 1. The highest BCUT2D eigenvalue weighted by Gasteiger charge is 2.51. The minimum absolute atomic E-state index is 0.203. The fraction of sp³-hybridized carbons (Fsp3) is 0.364. The number of aryl methyl sites for hydroxylation is 1. The number of anilines is 1. The van der Waals surface area contributed by atoms with Gasteiger partial charge in [0.25, 0.3) is 0 Å². The van der Waals surface area contributed by atoms with E-state index in [1.54, 1.807) is 48.5 Å². The first kappa shape index (κ1) is 22.7. The summed E-state index contributed by atoms with van der Waals surface area (Å²) in [4.78, 5) is 26.7. The predicted molar refractivity (Wildman–Crippen MR) is 120 cm³/mol. The minimum atomic E-state index is -3.75. The second-order valence-corrected chi connectivity index (χ2v) is 10.2. The van der Waals surface area contributed by atoms with Crippen molar-refractivity contribution in [1.29, 1.82) is 0 Å². The van der Waals surface area contributed by atoms with E-state index in [9.17, 15) is 18.0 Å². The van der Waals surface area contributed by atoms with Crippen molar-refractivity contribution in [3.05, 3.63) is 59.1 Å². The zero-order chi connectivity index (χ0) is 22.9. The van der Waals surface area contributed by atoms with Crippen LogP contribution < -0.4 is 5.32 Å². The molecule has 1 N–H and O–H groups in total. The number of benzene rings is 2. The van der Waals surface area contributed by atoms with Crippen LogP contribution in [0.25, 0.3) is 0 Å². The number of piperidine rings is 1. The van der Waals surface area contributed by atoms with Crippen LogP contribution in [0.4, 0.5) is 5.69 Å². The van der Waals surface area contributed by atoms with E-state index >= 15 is 0 Å². The predicted octanol–water partition coefficient (Wildman–Crippen LogP) is 2.63.